The molecule has 1 aliphatic heterocycles. The Morgan fingerprint density at radius 1 is 1.33 bits per heavy atom. The van der Waals surface area contributed by atoms with E-state index < -0.39 is 0 Å². The first-order valence-electron chi connectivity index (χ1n) is 8.95. The number of likely N-dealkylation sites (tertiary alicyclic amines) is 1. The summed E-state index contributed by atoms with van der Waals surface area (Å²) in [4.78, 5) is 28.3. The van der Waals surface area contributed by atoms with Gasteiger partial charge in [-0.2, -0.15) is 5.10 Å². The number of hydrogen-bond acceptors (Lipinski definition) is 4. The summed E-state index contributed by atoms with van der Waals surface area (Å²) < 4.78 is 1.72. The lowest BCUT2D eigenvalue weighted by molar-refractivity contribution is -0.133. The molecule has 8 heteroatoms. The molecule has 0 spiro atoms. The van der Waals surface area contributed by atoms with Crippen LogP contribution in [0.4, 0.5) is 5.82 Å². The number of amides is 2. The summed E-state index contributed by atoms with van der Waals surface area (Å²) in [6.07, 6.45) is 3.36. The summed E-state index contributed by atoms with van der Waals surface area (Å²) in [5, 5.41) is 7.84. The standard InChI is InChI=1S/C19H24ClN5O2/c1-23(2)19(27)16-7-4-10-24(16)13-18(26)22-17-8-9-21-25(17)12-14-5-3-6-15(20)11-14/h3,5-6,8-9,11,16H,4,7,10,12-13H2,1-2H3,(H,22,26). The van der Waals surface area contributed by atoms with E-state index in [2.05, 4.69) is 10.4 Å². The van der Waals surface area contributed by atoms with E-state index in [9.17, 15) is 9.59 Å². The van der Waals surface area contributed by atoms with Crippen LogP contribution in [0.15, 0.2) is 36.5 Å². The fourth-order valence-electron chi connectivity index (χ4n) is 3.33. The Kier molecular flexibility index (Phi) is 6.13. The fourth-order valence-corrected chi connectivity index (χ4v) is 3.55. The predicted molar refractivity (Wildman–Crippen MR) is 105 cm³/mol. The van der Waals surface area contributed by atoms with E-state index in [4.69, 9.17) is 11.6 Å². The maximum atomic E-state index is 12.5. The van der Waals surface area contributed by atoms with Gasteiger partial charge in [0.15, 0.2) is 0 Å². The van der Waals surface area contributed by atoms with Gasteiger partial charge in [-0.3, -0.25) is 14.5 Å². The molecule has 1 atom stereocenters. The zero-order valence-corrected chi connectivity index (χ0v) is 16.3. The van der Waals surface area contributed by atoms with E-state index in [0.717, 1.165) is 24.9 Å². The molecule has 0 bridgehead atoms. The van der Waals surface area contributed by atoms with E-state index in [0.29, 0.717) is 17.4 Å². The van der Waals surface area contributed by atoms with Crippen molar-refractivity contribution in [2.75, 3.05) is 32.5 Å². The van der Waals surface area contributed by atoms with Crippen LogP contribution in [0.1, 0.15) is 18.4 Å². The van der Waals surface area contributed by atoms with Crippen molar-refractivity contribution in [3.05, 3.63) is 47.1 Å². The van der Waals surface area contributed by atoms with Gasteiger partial charge in [0.1, 0.15) is 5.82 Å². The van der Waals surface area contributed by atoms with Crippen molar-refractivity contribution in [1.82, 2.24) is 19.6 Å². The van der Waals surface area contributed by atoms with E-state index >= 15 is 0 Å². The van der Waals surface area contributed by atoms with Gasteiger partial charge in [0, 0.05) is 25.2 Å². The van der Waals surface area contributed by atoms with Crippen molar-refractivity contribution in [2.24, 2.45) is 0 Å². The van der Waals surface area contributed by atoms with Crippen molar-refractivity contribution in [3.63, 3.8) is 0 Å². The van der Waals surface area contributed by atoms with E-state index in [1.807, 2.05) is 29.2 Å². The summed E-state index contributed by atoms with van der Waals surface area (Å²) in [6, 6.07) is 9.07. The van der Waals surface area contributed by atoms with Gasteiger partial charge in [-0.05, 0) is 37.1 Å². The highest BCUT2D eigenvalue weighted by Crippen LogP contribution is 2.19. The molecule has 1 N–H and O–H groups in total. The number of benzene rings is 1. The van der Waals surface area contributed by atoms with Crippen LogP contribution in [-0.2, 0) is 16.1 Å². The maximum Gasteiger partial charge on any atom is 0.239 e. The third kappa shape index (κ3) is 4.87. The molecule has 2 amide bonds. The second-order valence-electron chi connectivity index (χ2n) is 6.91. The van der Waals surface area contributed by atoms with Crippen molar-refractivity contribution in [1.29, 1.82) is 0 Å². The average molecular weight is 390 g/mol. The number of aromatic nitrogens is 2. The minimum absolute atomic E-state index is 0.0475. The first kappa shape index (κ1) is 19.4. The Balaban J connectivity index is 1.62. The van der Waals surface area contributed by atoms with Gasteiger partial charge in [-0.1, -0.05) is 23.7 Å². The monoisotopic (exact) mass is 389 g/mol. The molecule has 2 heterocycles. The van der Waals surface area contributed by atoms with E-state index in [1.54, 1.807) is 35.9 Å². The predicted octanol–water partition coefficient (Wildman–Crippen LogP) is 2.08. The first-order chi connectivity index (χ1) is 12.9. The summed E-state index contributed by atoms with van der Waals surface area (Å²) >= 11 is 6.03. The van der Waals surface area contributed by atoms with Crippen LogP contribution < -0.4 is 5.32 Å². The van der Waals surface area contributed by atoms with Gasteiger partial charge in [0.05, 0.1) is 25.3 Å². The molecule has 1 aromatic heterocycles. The number of likely N-dealkylation sites (N-methyl/N-ethyl adjacent to an activating group) is 1. The van der Waals surface area contributed by atoms with Crippen molar-refractivity contribution < 1.29 is 9.59 Å². The number of hydrogen-bond donors (Lipinski definition) is 1. The Hall–Kier alpha value is -2.38. The van der Waals surface area contributed by atoms with Gasteiger partial charge in [0.25, 0.3) is 0 Å². The topological polar surface area (TPSA) is 70.5 Å². The molecule has 144 valence electrons. The molecule has 1 fully saturated rings. The molecule has 1 aromatic carbocycles. The molecule has 7 nitrogen and oxygen atoms in total. The lowest BCUT2D eigenvalue weighted by atomic mass is 10.2. The Labute approximate surface area is 163 Å². The maximum absolute atomic E-state index is 12.5. The second-order valence-corrected chi connectivity index (χ2v) is 7.35. The summed E-state index contributed by atoms with van der Waals surface area (Å²) in [6.45, 7) is 1.45. The Bertz CT molecular complexity index is 820. The lowest BCUT2D eigenvalue weighted by Gasteiger charge is -2.25. The van der Waals surface area contributed by atoms with Gasteiger partial charge in [0.2, 0.25) is 11.8 Å². The van der Waals surface area contributed by atoms with Crippen LogP contribution in [0.2, 0.25) is 5.02 Å². The molecule has 0 radical (unpaired) electrons. The largest absolute Gasteiger partial charge is 0.347 e. The molecule has 2 aromatic rings. The Morgan fingerprint density at radius 2 is 2.15 bits per heavy atom. The number of carbonyl (C=O) groups excluding carboxylic acids is 2. The smallest absolute Gasteiger partial charge is 0.239 e. The van der Waals surface area contributed by atoms with Crippen LogP contribution in [-0.4, -0.2) is 64.6 Å². The van der Waals surface area contributed by atoms with Crippen LogP contribution in [0.25, 0.3) is 0 Å². The minimum Gasteiger partial charge on any atom is -0.347 e. The van der Waals surface area contributed by atoms with E-state index in [-0.39, 0.29) is 24.4 Å². The third-order valence-corrected chi connectivity index (χ3v) is 4.88. The molecule has 1 unspecified atom stereocenters. The van der Waals surface area contributed by atoms with Crippen molar-refractivity contribution in [2.45, 2.75) is 25.4 Å². The third-order valence-electron chi connectivity index (χ3n) is 4.64. The van der Waals surface area contributed by atoms with Gasteiger partial charge in [-0.25, -0.2) is 4.68 Å². The van der Waals surface area contributed by atoms with E-state index in [1.165, 1.54) is 0 Å². The van der Waals surface area contributed by atoms with Crippen LogP contribution in [0, 0.1) is 0 Å². The summed E-state index contributed by atoms with van der Waals surface area (Å²) in [5.74, 6) is 0.516. The molecule has 27 heavy (non-hydrogen) atoms. The summed E-state index contributed by atoms with van der Waals surface area (Å²) in [5.41, 5.74) is 0.998. The van der Waals surface area contributed by atoms with Crippen molar-refractivity contribution in [3.8, 4) is 0 Å². The van der Waals surface area contributed by atoms with Gasteiger partial charge >= 0.3 is 0 Å². The molecule has 0 aliphatic carbocycles. The number of nitrogens with zero attached hydrogens (tertiary/aromatic N) is 4. The molecule has 1 saturated heterocycles. The zero-order valence-electron chi connectivity index (χ0n) is 15.6. The number of rotatable bonds is 6. The minimum atomic E-state index is -0.220. The number of halogens is 1. The molecule has 3 rings (SSSR count). The Morgan fingerprint density at radius 3 is 2.89 bits per heavy atom. The van der Waals surface area contributed by atoms with Crippen LogP contribution in [0.5, 0.6) is 0 Å². The summed E-state index contributed by atoms with van der Waals surface area (Å²) in [7, 11) is 3.49. The van der Waals surface area contributed by atoms with Crippen LogP contribution >= 0.6 is 11.6 Å². The quantitative estimate of drug-likeness (QED) is 0.821. The van der Waals surface area contributed by atoms with Gasteiger partial charge < -0.3 is 10.2 Å². The average Bonchev–Trinajstić information content (AvgIpc) is 3.24. The number of anilines is 1. The normalized spacial score (nSPS) is 17.1. The number of carbonyl (C=O) groups is 2. The number of nitrogens with one attached hydrogen (secondary N) is 1. The zero-order chi connectivity index (χ0) is 19.4. The molecular weight excluding hydrogens is 366 g/mol. The fraction of sp³-hybridized carbons (Fsp3) is 0.421. The molecule has 0 saturated carbocycles. The van der Waals surface area contributed by atoms with Crippen LogP contribution in [0.3, 0.4) is 0 Å². The van der Waals surface area contributed by atoms with Gasteiger partial charge in [-0.15, -0.1) is 0 Å². The molecule has 1 aliphatic rings. The second kappa shape index (κ2) is 8.54. The highest BCUT2D eigenvalue weighted by molar-refractivity contribution is 6.30. The first-order valence-corrected chi connectivity index (χ1v) is 9.33. The van der Waals surface area contributed by atoms with Crippen molar-refractivity contribution >= 4 is 29.2 Å². The highest BCUT2D eigenvalue weighted by Gasteiger charge is 2.32. The SMILES string of the molecule is CN(C)C(=O)C1CCCN1CC(=O)Nc1ccnn1Cc1cccc(Cl)c1. The highest BCUT2D eigenvalue weighted by atomic mass is 35.5. The molecular formula is C19H24ClN5O2. The lowest BCUT2D eigenvalue weighted by Crippen LogP contribution is -2.45.